The molecule has 0 atom stereocenters. The summed E-state index contributed by atoms with van der Waals surface area (Å²) in [5.74, 6) is 0.526. The number of hydrogen-bond donors (Lipinski definition) is 1. The van der Waals surface area contributed by atoms with Gasteiger partial charge in [0.05, 0.1) is 28.1 Å². The van der Waals surface area contributed by atoms with Gasteiger partial charge in [-0.25, -0.2) is 9.97 Å². The van der Waals surface area contributed by atoms with Gasteiger partial charge >= 0.3 is 0 Å². The van der Waals surface area contributed by atoms with Crippen LogP contribution < -0.4 is 5.73 Å². The van der Waals surface area contributed by atoms with Gasteiger partial charge in [0.1, 0.15) is 5.82 Å². The van der Waals surface area contributed by atoms with Gasteiger partial charge in [0.2, 0.25) is 0 Å². The summed E-state index contributed by atoms with van der Waals surface area (Å²) >= 11 is 0. The number of benzene rings is 1. The largest absolute Gasteiger partial charge is 0.383 e. The van der Waals surface area contributed by atoms with Gasteiger partial charge in [-0.15, -0.1) is 0 Å². The van der Waals surface area contributed by atoms with E-state index >= 15 is 0 Å². The van der Waals surface area contributed by atoms with Gasteiger partial charge in [-0.3, -0.25) is 9.97 Å². The maximum Gasteiger partial charge on any atom is 0.132 e. The van der Waals surface area contributed by atoms with Crippen molar-refractivity contribution < 1.29 is 0 Å². The summed E-state index contributed by atoms with van der Waals surface area (Å²) in [5, 5.41) is 1.93. The molecule has 0 aliphatic carbocycles. The normalized spacial score (nSPS) is 11.9. The summed E-state index contributed by atoms with van der Waals surface area (Å²) < 4.78 is 0. The molecule has 5 rings (SSSR count). The third-order valence-electron chi connectivity index (χ3n) is 6.10. The van der Waals surface area contributed by atoms with Crippen LogP contribution in [-0.4, -0.2) is 19.9 Å². The lowest BCUT2D eigenvalue weighted by atomic mass is 9.84. The minimum atomic E-state index is -0.404. The van der Waals surface area contributed by atoms with Crippen LogP contribution in [0, 0.1) is 13.8 Å². The van der Waals surface area contributed by atoms with E-state index in [4.69, 9.17) is 15.7 Å². The minimum Gasteiger partial charge on any atom is -0.383 e. The van der Waals surface area contributed by atoms with Crippen LogP contribution >= 0.6 is 0 Å². The number of rotatable bonds is 3. The van der Waals surface area contributed by atoms with Crippen molar-refractivity contribution in [3.05, 3.63) is 89.5 Å². The second-order valence-electron chi connectivity index (χ2n) is 8.73. The third-order valence-corrected chi connectivity index (χ3v) is 6.10. The molecule has 0 aliphatic heterocycles. The van der Waals surface area contributed by atoms with E-state index in [0.29, 0.717) is 5.82 Å². The topological polar surface area (TPSA) is 77.6 Å². The number of fused-ring (bicyclic) bond motifs is 3. The maximum atomic E-state index is 6.18. The van der Waals surface area contributed by atoms with Crippen LogP contribution in [0.2, 0.25) is 0 Å². The van der Waals surface area contributed by atoms with Crippen LogP contribution in [-0.2, 0) is 5.41 Å². The van der Waals surface area contributed by atoms with Gasteiger partial charge in [0.25, 0.3) is 0 Å². The number of pyridine rings is 4. The summed E-state index contributed by atoms with van der Waals surface area (Å²) in [4.78, 5) is 19.2. The van der Waals surface area contributed by atoms with Crippen molar-refractivity contribution in [1.29, 1.82) is 0 Å². The Kier molecular flexibility index (Phi) is 4.63. The zero-order valence-electron chi connectivity index (χ0n) is 18.7. The monoisotopic (exact) mass is 419 g/mol. The predicted octanol–water partition coefficient (Wildman–Crippen LogP) is 5.76. The van der Waals surface area contributed by atoms with Gasteiger partial charge in [0.15, 0.2) is 0 Å². The van der Waals surface area contributed by atoms with E-state index in [9.17, 15) is 0 Å². The van der Waals surface area contributed by atoms with Crippen LogP contribution in [0.15, 0.2) is 66.7 Å². The number of hydrogen-bond acceptors (Lipinski definition) is 5. The Morgan fingerprint density at radius 1 is 0.688 bits per heavy atom. The highest BCUT2D eigenvalue weighted by Crippen LogP contribution is 2.34. The molecular formula is C27H25N5. The molecule has 4 heterocycles. The smallest absolute Gasteiger partial charge is 0.132 e. The lowest BCUT2D eigenvalue weighted by Crippen LogP contribution is -2.22. The van der Waals surface area contributed by atoms with Crippen LogP contribution in [0.1, 0.15) is 36.6 Å². The number of anilines is 1. The highest BCUT2D eigenvalue weighted by Gasteiger charge is 2.27. The molecule has 32 heavy (non-hydrogen) atoms. The predicted molar refractivity (Wildman–Crippen MR) is 131 cm³/mol. The number of aryl methyl sites for hydroxylation is 2. The molecule has 5 aromatic rings. The van der Waals surface area contributed by atoms with Crippen molar-refractivity contribution in [3.8, 4) is 11.3 Å². The zero-order valence-corrected chi connectivity index (χ0v) is 18.7. The molecule has 0 saturated heterocycles. The number of nitrogen functional groups attached to an aromatic ring is 1. The van der Waals surface area contributed by atoms with E-state index in [0.717, 1.165) is 55.8 Å². The molecule has 0 amide bonds. The molecule has 4 aromatic heterocycles. The first-order chi connectivity index (χ1) is 15.3. The van der Waals surface area contributed by atoms with E-state index in [-0.39, 0.29) is 0 Å². The maximum absolute atomic E-state index is 6.18. The quantitative estimate of drug-likeness (QED) is 0.376. The molecule has 5 heteroatoms. The number of nitrogens with two attached hydrogens (primary N) is 1. The number of aromatic nitrogens is 4. The van der Waals surface area contributed by atoms with Crippen molar-refractivity contribution in [2.75, 3.05) is 5.73 Å². The van der Waals surface area contributed by atoms with E-state index in [1.807, 2.05) is 62.4 Å². The molecule has 0 spiro atoms. The molecule has 158 valence electrons. The van der Waals surface area contributed by atoms with E-state index in [1.54, 1.807) is 0 Å². The average molecular weight is 420 g/mol. The fourth-order valence-electron chi connectivity index (χ4n) is 4.21. The number of nitrogens with zero attached hydrogens (tertiary/aromatic N) is 4. The first-order valence-electron chi connectivity index (χ1n) is 10.7. The fourth-order valence-corrected chi connectivity index (χ4v) is 4.21. The van der Waals surface area contributed by atoms with Gasteiger partial charge < -0.3 is 5.73 Å². The lowest BCUT2D eigenvalue weighted by Gasteiger charge is -2.25. The van der Waals surface area contributed by atoms with Gasteiger partial charge in [-0.2, -0.15) is 0 Å². The van der Waals surface area contributed by atoms with Crippen molar-refractivity contribution in [3.63, 3.8) is 0 Å². The lowest BCUT2D eigenvalue weighted by molar-refractivity contribution is 0.599. The molecule has 0 aliphatic rings. The molecule has 2 N–H and O–H groups in total. The van der Waals surface area contributed by atoms with Gasteiger partial charge in [0, 0.05) is 33.1 Å². The van der Waals surface area contributed by atoms with Crippen molar-refractivity contribution in [2.24, 2.45) is 0 Å². The van der Waals surface area contributed by atoms with Crippen molar-refractivity contribution in [2.45, 2.75) is 33.1 Å². The molecule has 5 nitrogen and oxygen atoms in total. The Bertz CT molecular complexity index is 1490. The Hall–Kier alpha value is -3.86. The molecule has 0 saturated carbocycles. The summed E-state index contributed by atoms with van der Waals surface area (Å²) in [6.07, 6.45) is 0. The first kappa shape index (κ1) is 20.1. The molecule has 0 unspecified atom stereocenters. The van der Waals surface area contributed by atoms with Crippen LogP contribution in [0.5, 0.6) is 0 Å². The highest BCUT2D eigenvalue weighted by atomic mass is 14.9. The van der Waals surface area contributed by atoms with Gasteiger partial charge in [-0.1, -0.05) is 30.3 Å². The van der Waals surface area contributed by atoms with Crippen LogP contribution in [0.3, 0.4) is 0 Å². The minimum absolute atomic E-state index is 0.404. The Morgan fingerprint density at radius 2 is 1.44 bits per heavy atom. The van der Waals surface area contributed by atoms with Gasteiger partial charge in [-0.05, 0) is 64.1 Å². The first-order valence-corrected chi connectivity index (χ1v) is 10.7. The summed E-state index contributed by atoms with van der Waals surface area (Å²) in [7, 11) is 0. The summed E-state index contributed by atoms with van der Waals surface area (Å²) in [5.41, 5.74) is 13.3. The van der Waals surface area contributed by atoms with Crippen LogP contribution in [0.4, 0.5) is 5.82 Å². The van der Waals surface area contributed by atoms with Crippen molar-refractivity contribution in [1.82, 2.24) is 19.9 Å². The SMILES string of the molecule is Cc1ccc(-c2cccc(C(C)(C)c3ccc4nc(N)c5ccccc5c4n3)n2)c(C)n1. The summed E-state index contributed by atoms with van der Waals surface area (Å²) in [6, 6.07) is 22.3. The van der Waals surface area contributed by atoms with E-state index in [2.05, 4.69) is 42.0 Å². The van der Waals surface area contributed by atoms with E-state index < -0.39 is 5.41 Å². The van der Waals surface area contributed by atoms with Crippen molar-refractivity contribution >= 4 is 27.6 Å². The van der Waals surface area contributed by atoms with E-state index in [1.165, 1.54) is 0 Å². The molecular weight excluding hydrogens is 394 g/mol. The third kappa shape index (κ3) is 3.26. The van der Waals surface area contributed by atoms with Crippen LogP contribution in [0.25, 0.3) is 33.1 Å². The Morgan fingerprint density at radius 3 is 2.22 bits per heavy atom. The molecule has 0 radical (unpaired) electrons. The average Bonchev–Trinajstić information content (AvgIpc) is 2.79. The molecule has 0 fully saturated rings. The zero-order chi connectivity index (χ0) is 22.5. The fraction of sp³-hybridized carbons (Fsp3) is 0.185. The Balaban J connectivity index is 1.65. The standard InChI is InChI=1S/C27H25N5/c1-16-12-13-18(17(2)29-16)21-10-7-11-23(30-21)27(3,4)24-15-14-22-25(32-24)19-8-5-6-9-20(19)26(28)31-22/h5-15H,1-4H3,(H2,28,31). The summed E-state index contributed by atoms with van der Waals surface area (Å²) in [6.45, 7) is 8.33. The second kappa shape index (κ2) is 7.38. The second-order valence-corrected chi connectivity index (χ2v) is 8.73. The molecule has 1 aromatic carbocycles. The Labute approximate surface area is 187 Å². The molecule has 0 bridgehead atoms. The highest BCUT2D eigenvalue weighted by molar-refractivity contribution is 6.07.